The van der Waals surface area contributed by atoms with Crippen molar-refractivity contribution in [3.63, 3.8) is 0 Å². The topological polar surface area (TPSA) is 103 Å². The molecule has 4 aromatic rings. The Kier molecular flexibility index (Phi) is 5.80. The summed E-state index contributed by atoms with van der Waals surface area (Å²) in [6, 6.07) is 15.1. The zero-order valence-corrected chi connectivity index (χ0v) is 17.0. The molecule has 0 atom stereocenters. The van der Waals surface area contributed by atoms with Crippen LogP contribution in [-0.4, -0.2) is 42.1 Å². The van der Waals surface area contributed by atoms with Gasteiger partial charge < -0.3 is 0 Å². The third-order valence-corrected chi connectivity index (χ3v) is 4.64. The van der Waals surface area contributed by atoms with Crippen molar-refractivity contribution in [2.75, 3.05) is 0 Å². The minimum Gasteiger partial charge on any atom is -0.271 e. The molecule has 0 saturated heterocycles. The van der Waals surface area contributed by atoms with E-state index < -0.39 is 5.91 Å². The average molecular weight is 439 g/mol. The van der Waals surface area contributed by atoms with E-state index in [4.69, 9.17) is 11.6 Å². The Morgan fingerprint density at radius 2 is 1.90 bits per heavy atom. The number of rotatable bonds is 6. The summed E-state index contributed by atoms with van der Waals surface area (Å²) >= 11 is 6.38. The Bertz CT molecular complexity index is 1230. The van der Waals surface area contributed by atoms with E-state index in [0.29, 0.717) is 22.8 Å². The molecule has 0 aliphatic heterocycles. The zero-order valence-electron chi connectivity index (χ0n) is 16.3. The molecule has 11 heteroatoms. The predicted octanol–water partition coefficient (Wildman–Crippen LogP) is 2.78. The number of hydrogen-bond donors (Lipinski definition) is 1. The van der Waals surface area contributed by atoms with Crippen LogP contribution in [-0.2, 0) is 11.3 Å². The van der Waals surface area contributed by atoms with Gasteiger partial charge in [-0.15, -0.1) is 10.2 Å². The lowest BCUT2D eigenvalue weighted by Gasteiger charge is -2.02. The highest BCUT2D eigenvalue weighted by Gasteiger charge is 2.14. The molecule has 2 heterocycles. The molecular formula is C20H16ClFN8O. The highest BCUT2D eigenvalue weighted by Crippen LogP contribution is 2.22. The second-order valence-corrected chi connectivity index (χ2v) is 6.84. The fourth-order valence-electron chi connectivity index (χ4n) is 2.76. The van der Waals surface area contributed by atoms with Crippen LogP contribution in [0.15, 0.2) is 59.7 Å². The number of benzene rings is 2. The molecule has 0 fully saturated rings. The van der Waals surface area contributed by atoms with Crippen LogP contribution in [0, 0.1) is 12.7 Å². The highest BCUT2D eigenvalue weighted by atomic mass is 35.5. The van der Waals surface area contributed by atoms with Crippen LogP contribution >= 0.6 is 11.6 Å². The lowest BCUT2D eigenvalue weighted by molar-refractivity contribution is -0.122. The average Bonchev–Trinajstić information content (AvgIpc) is 3.34. The summed E-state index contributed by atoms with van der Waals surface area (Å²) in [6.45, 7) is 1.60. The first-order chi connectivity index (χ1) is 15.0. The fraction of sp³-hybridized carbons (Fsp3) is 0.100. The first-order valence-electron chi connectivity index (χ1n) is 9.17. The number of carbonyl (C=O) groups is 1. The second-order valence-electron chi connectivity index (χ2n) is 6.48. The van der Waals surface area contributed by atoms with Crippen molar-refractivity contribution < 1.29 is 9.18 Å². The maximum atomic E-state index is 13.1. The van der Waals surface area contributed by atoms with E-state index in [1.54, 1.807) is 19.1 Å². The maximum absolute atomic E-state index is 13.1. The Morgan fingerprint density at radius 1 is 1.16 bits per heavy atom. The maximum Gasteiger partial charge on any atom is 0.263 e. The number of hydrogen-bond acceptors (Lipinski definition) is 6. The van der Waals surface area contributed by atoms with E-state index in [0.717, 1.165) is 5.56 Å². The molecule has 1 amide bonds. The molecule has 0 saturated carbocycles. The first kappa shape index (κ1) is 20.4. The number of amides is 1. The monoisotopic (exact) mass is 438 g/mol. The molecule has 2 aromatic heterocycles. The lowest BCUT2D eigenvalue weighted by Crippen LogP contribution is -2.24. The van der Waals surface area contributed by atoms with E-state index in [-0.39, 0.29) is 17.5 Å². The van der Waals surface area contributed by atoms with Crippen molar-refractivity contribution in [2.45, 2.75) is 13.5 Å². The van der Waals surface area contributed by atoms with E-state index in [9.17, 15) is 9.18 Å². The van der Waals surface area contributed by atoms with Crippen LogP contribution < -0.4 is 5.43 Å². The van der Waals surface area contributed by atoms with Gasteiger partial charge >= 0.3 is 0 Å². The van der Waals surface area contributed by atoms with Gasteiger partial charge in [-0.05, 0) is 36.4 Å². The SMILES string of the molecule is Cc1nn(-c2ccc(F)cc2)c(Cl)c1/C=N/NC(=O)Cn1nnc(-c2ccccc2)n1. The van der Waals surface area contributed by atoms with Crippen molar-refractivity contribution in [2.24, 2.45) is 5.10 Å². The molecule has 2 aromatic carbocycles. The lowest BCUT2D eigenvalue weighted by atomic mass is 10.2. The number of nitrogens with zero attached hydrogens (tertiary/aromatic N) is 7. The van der Waals surface area contributed by atoms with Gasteiger partial charge in [0.1, 0.15) is 17.5 Å². The molecule has 0 aliphatic rings. The summed E-state index contributed by atoms with van der Waals surface area (Å²) in [7, 11) is 0. The first-order valence-corrected chi connectivity index (χ1v) is 9.55. The Balaban J connectivity index is 1.40. The third-order valence-electron chi connectivity index (χ3n) is 4.27. The molecule has 156 valence electrons. The fourth-order valence-corrected chi connectivity index (χ4v) is 3.08. The predicted molar refractivity (Wildman–Crippen MR) is 112 cm³/mol. The molecule has 9 nitrogen and oxygen atoms in total. The van der Waals surface area contributed by atoms with Gasteiger partial charge in [-0.2, -0.15) is 15.0 Å². The van der Waals surface area contributed by atoms with Gasteiger partial charge in [0.25, 0.3) is 5.91 Å². The van der Waals surface area contributed by atoms with Crippen molar-refractivity contribution in [3.05, 3.63) is 76.8 Å². The molecule has 31 heavy (non-hydrogen) atoms. The van der Waals surface area contributed by atoms with E-state index in [1.165, 1.54) is 27.8 Å². The Morgan fingerprint density at radius 3 is 2.65 bits per heavy atom. The van der Waals surface area contributed by atoms with Gasteiger partial charge in [0.2, 0.25) is 5.82 Å². The molecule has 4 rings (SSSR count). The Hall–Kier alpha value is -3.92. The molecule has 0 spiro atoms. The summed E-state index contributed by atoms with van der Waals surface area (Å²) in [5.41, 5.74) is 4.92. The van der Waals surface area contributed by atoms with Crippen molar-refractivity contribution >= 4 is 23.7 Å². The third kappa shape index (κ3) is 4.64. The number of halogens is 2. The van der Waals surface area contributed by atoms with E-state index in [2.05, 4.69) is 31.0 Å². The van der Waals surface area contributed by atoms with Crippen LogP contribution in [0.3, 0.4) is 0 Å². The number of tetrazole rings is 1. The van der Waals surface area contributed by atoms with Crippen LogP contribution in [0.25, 0.3) is 17.1 Å². The second kappa shape index (κ2) is 8.84. The van der Waals surface area contributed by atoms with Gasteiger partial charge in [0.15, 0.2) is 0 Å². The van der Waals surface area contributed by atoms with Crippen molar-refractivity contribution in [1.29, 1.82) is 0 Å². The van der Waals surface area contributed by atoms with E-state index in [1.807, 2.05) is 30.3 Å². The summed E-state index contributed by atoms with van der Waals surface area (Å²) in [5, 5.41) is 20.5. The minimum atomic E-state index is -0.437. The largest absolute Gasteiger partial charge is 0.271 e. The summed E-state index contributed by atoms with van der Waals surface area (Å²) in [6.07, 6.45) is 1.40. The van der Waals surface area contributed by atoms with Gasteiger partial charge in [-0.3, -0.25) is 4.79 Å². The van der Waals surface area contributed by atoms with Crippen LogP contribution in [0.5, 0.6) is 0 Å². The summed E-state index contributed by atoms with van der Waals surface area (Å²) < 4.78 is 14.6. The molecule has 0 unspecified atom stereocenters. The molecule has 1 N–H and O–H groups in total. The molecular weight excluding hydrogens is 423 g/mol. The smallest absolute Gasteiger partial charge is 0.263 e. The van der Waals surface area contributed by atoms with Gasteiger partial charge in [-0.25, -0.2) is 14.5 Å². The summed E-state index contributed by atoms with van der Waals surface area (Å²) in [4.78, 5) is 13.3. The number of carbonyl (C=O) groups excluding carboxylic acids is 1. The minimum absolute atomic E-state index is 0.154. The van der Waals surface area contributed by atoms with Gasteiger partial charge in [0.05, 0.1) is 23.2 Å². The normalized spacial score (nSPS) is 11.2. The van der Waals surface area contributed by atoms with Gasteiger partial charge in [-0.1, -0.05) is 41.9 Å². The molecule has 0 bridgehead atoms. The zero-order chi connectivity index (χ0) is 21.8. The van der Waals surface area contributed by atoms with Crippen LogP contribution in [0.2, 0.25) is 5.15 Å². The number of aromatic nitrogens is 6. The summed E-state index contributed by atoms with van der Waals surface area (Å²) in [5.74, 6) is -0.369. The number of hydrazone groups is 1. The van der Waals surface area contributed by atoms with Crippen molar-refractivity contribution in [3.8, 4) is 17.1 Å². The highest BCUT2D eigenvalue weighted by molar-refractivity contribution is 6.32. The van der Waals surface area contributed by atoms with Crippen LogP contribution in [0.1, 0.15) is 11.3 Å². The van der Waals surface area contributed by atoms with Crippen LogP contribution in [0.4, 0.5) is 4.39 Å². The molecule has 0 radical (unpaired) electrons. The Labute approximate surface area is 181 Å². The quantitative estimate of drug-likeness (QED) is 0.368. The van der Waals surface area contributed by atoms with E-state index >= 15 is 0 Å². The van der Waals surface area contributed by atoms with Gasteiger partial charge in [0, 0.05) is 5.56 Å². The van der Waals surface area contributed by atoms with Crippen molar-refractivity contribution in [1.82, 2.24) is 35.4 Å². The number of nitrogens with one attached hydrogen (secondary N) is 1. The molecule has 0 aliphatic carbocycles. The number of aryl methyl sites for hydroxylation is 1. The standard InChI is InChI=1S/C20H16ClFN8O/c1-13-17(19(21)30(26-13)16-9-7-15(22)8-10-16)11-23-24-18(31)12-29-27-20(25-28-29)14-5-3-2-4-6-14/h2-11H,12H2,1H3,(H,24,31)/b23-11+.